The highest BCUT2D eigenvalue weighted by Crippen LogP contribution is 2.37. The third kappa shape index (κ3) is 4.19. The van der Waals surface area contributed by atoms with Crippen LogP contribution in [0.25, 0.3) is 0 Å². The molecule has 0 radical (unpaired) electrons. The summed E-state index contributed by atoms with van der Waals surface area (Å²) >= 11 is 5.51. The first-order chi connectivity index (χ1) is 11.0. The molecule has 24 heavy (non-hydrogen) atoms. The van der Waals surface area contributed by atoms with Crippen LogP contribution in [0, 0.1) is 0 Å². The van der Waals surface area contributed by atoms with Crippen molar-refractivity contribution >= 4 is 23.2 Å². The predicted octanol–water partition coefficient (Wildman–Crippen LogP) is 5.63. The highest BCUT2D eigenvalue weighted by atomic mass is 35.5. The van der Waals surface area contributed by atoms with Crippen molar-refractivity contribution in [2.75, 3.05) is 5.32 Å². The summed E-state index contributed by atoms with van der Waals surface area (Å²) in [5, 5.41) is 1.76. The molecule has 2 aromatic rings. The molecule has 0 heterocycles. The van der Waals surface area contributed by atoms with Gasteiger partial charge >= 0.3 is 12.4 Å². The smallest absolute Gasteiger partial charge is 0.321 e. The van der Waals surface area contributed by atoms with Gasteiger partial charge in [0.15, 0.2) is 0 Å². The van der Waals surface area contributed by atoms with Crippen molar-refractivity contribution in [2.45, 2.75) is 12.4 Å². The van der Waals surface area contributed by atoms with Gasteiger partial charge in [-0.15, -0.1) is 0 Å². The number of anilines is 1. The number of rotatable bonds is 2. The average Bonchev–Trinajstić information content (AvgIpc) is 2.47. The van der Waals surface area contributed by atoms with Crippen molar-refractivity contribution in [3.63, 3.8) is 0 Å². The van der Waals surface area contributed by atoms with E-state index in [0.717, 1.165) is 30.3 Å². The molecule has 128 valence electrons. The summed E-state index contributed by atoms with van der Waals surface area (Å²) in [4.78, 5) is 12.0. The fraction of sp³-hybridized carbons (Fsp3) is 0.133. The minimum atomic E-state index is -4.79. The lowest BCUT2D eigenvalue weighted by Gasteiger charge is -2.14. The molecular weight excluding hydrogens is 360 g/mol. The van der Waals surface area contributed by atoms with Crippen LogP contribution in [0.3, 0.4) is 0 Å². The average molecular weight is 368 g/mol. The van der Waals surface area contributed by atoms with Crippen LogP contribution in [0.1, 0.15) is 21.5 Å². The van der Waals surface area contributed by atoms with E-state index in [1.165, 1.54) is 0 Å². The van der Waals surface area contributed by atoms with Crippen LogP contribution in [0.5, 0.6) is 0 Å². The quantitative estimate of drug-likeness (QED) is 0.685. The van der Waals surface area contributed by atoms with Gasteiger partial charge in [0.05, 0.1) is 16.8 Å². The molecule has 0 spiro atoms. The molecular formula is C15H8ClF6NO. The molecule has 0 saturated carbocycles. The first kappa shape index (κ1) is 18.1. The van der Waals surface area contributed by atoms with E-state index in [4.69, 9.17) is 11.6 Å². The monoisotopic (exact) mass is 367 g/mol. The molecule has 2 nitrogen and oxygen atoms in total. The van der Waals surface area contributed by atoms with E-state index in [2.05, 4.69) is 0 Å². The third-order valence-corrected chi connectivity index (χ3v) is 3.22. The van der Waals surface area contributed by atoms with Crippen molar-refractivity contribution in [2.24, 2.45) is 0 Å². The molecule has 0 aromatic heterocycles. The van der Waals surface area contributed by atoms with Gasteiger partial charge in [-0.1, -0.05) is 17.7 Å². The molecule has 2 aromatic carbocycles. The Bertz CT molecular complexity index is 769. The van der Waals surface area contributed by atoms with E-state index in [9.17, 15) is 31.1 Å². The summed E-state index contributed by atoms with van der Waals surface area (Å²) < 4.78 is 76.7. The van der Waals surface area contributed by atoms with Gasteiger partial charge in [0.1, 0.15) is 0 Å². The van der Waals surface area contributed by atoms with Crippen molar-refractivity contribution in [3.05, 3.63) is 64.2 Å². The summed E-state index contributed by atoms with van der Waals surface area (Å²) in [5.41, 5.74) is -3.31. The van der Waals surface area contributed by atoms with Gasteiger partial charge in [-0.3, -0.25) is 4.79 Å². The summed E-state index contributed by atoms with van der Waals surface area (Å²) in [7, 11) is 0. The highest BCUT2D eigenvalue weighted by Gasteiger charge is 2.34. The van der Waals surface area contributed by atoms with Gasteiger partial charge in [-0.2, -0.15) is 26.3 Å². The Morgan fingerprint density at radius 1 is 0.917 bits per heavy atom. The van der Waals surface area contributed by atoms with Crippen LogP contribution >= 0.6 is 11.6 Å². The Labute approximate surface area is 137 Å². The van der Waals surface area contributed by atoms with Gasteiger partial charge in [0.2, 0.25) is 0 Å². The molecule has 0 saturated heterocycles. The first-order valence-electron chi connectivity index (χ1n) is 6.34. The second-order valence-electron chi connectivity index (χ2n) is 4.72. The first-order valence-corrected chi connectivity index (χ1v) is 6.71. The third-order valence-electron chi connectivity index (χ3n) is 2.99. The minimum absolute atomic E-state index is 0.195. The molecule has 9 heteroatoms. The Balaban J connectivity index is 2.35. The maximum Gasteiger partial charge on any atom is 0.418 e. The Morgan fingerprint density at radius 2 is 1.58 bits per heavy atom. The van der Waals surface area contributed by atoms with Crippen LogP contribution in [0.4, 0.5) is 32.0 Å². The molecule has 0 aliphatic heterocycles. The fourth-order valence-electron chi connectivity index (χ4n) is 1.89. The van der Waals surface area contributed by atoms with E-state index in [0.29, 0.717) is 12.1 Å². The molecule has 0 atom stereocenters. The molecule has 1 N–H and O–H groups in total. The number of hydrogen-bond acceptors (Lipinski definition) is 1. The zero-order valence-electron chi connectivity index (χ0n) is 11.6. The highest BCUT2D eigenvalue weighted by molar-refractivity contribution is 6.30. The van der Waals surface area contributed by atoms with Crippen molar-refractivity contribution in [3.8, 4) is 0 Å². The van der Waals surface area contributed by atoms with Crippen LogP contribution in [-0.2, 0) is 12.4 Å². The van der Waals surface area contributed by atoms with Gasteiger partial charge in [0, 0.05) is 10.6 Å². The standard InChI is InChI=1S/C15H8ClF6NO/c16-10-4-5-12(11(7-10)15(20,21)22)23-13(24)8-2-1-3-9(6-8)14(17,18)19/h1-7H,(H,23,24). The van der Waals surface area contributed by atoms with Crippen LogP contribution < -0.4 is 5.32 Å². The largest absolute Gasteiger partial charge is 0.418 e. The van der Waals surface area contributed by atoms with E-state index in [1.54, 1.807) is 0 Å². The fourth-order valence-corrected chi connectivity index (χ4v) is 2.06. The number of carbonyl (C=O) groups is 1. The van der Waals surface area contributed by atoms with E-state index in [-0.39, 0.29) is 5.02 Å². The minimum Gasteiger partial charge on any atom is -0.321 e. The molecule has 1 amide bonds. The molecule has 0 fully saturated rings. The number of benzene rings is 2. The molecule has 0 unspecified atom stereocenters. The summed E-state index contributed by atoms with van der Waals surface area (Å²) in [6, 6.07) is 6.02. The molecule has 2 rings (SSSR count). The van der Waals surface area contributed by atoms with Crippen molar-refractivity contribution < 1.29 is 31.1 Å². The topological polar surface area (TPSA) is 29.1 Å². The predicted molar refractivity (Wildman–Crippen MR) is 75.9 cm³/mol. The zero-order valence-corrected chi connectivity index (χ0v) is 12.4. The Kier molecular flexibility index (Phi) is 4.80. The number of hydrogen-bond donors (Lipinski definition) is 1. The number of nitrogens with one attached hydrogen (secondary N) is 1. The van der Waals surface area contributed by atoms with Crippen LogP contribution in [0.15, 0.2) is 42.5 Å². The molecule has 0 aliphatic rings. The maximum atomic E-state index is 12.9. The number of alkyl halides is 6. The Hall–Kier alpha value is -2.22. The molecule has 0 bridgehead atoms. The molecule has 0 aliphatic carbocycles. The summed E-state index contributed by atoms with van der Waals surface area (Å²) in [5.74, 6) is -1.10. The van der Waals surface area contributed by atoms with Gasteiger partial charge in [-0.05, 0) is 36.4 Å². The number of amides is 1. The van der Waals surface area contributed by atoms with E-state index in [1.807, 2.05) is 5.32 Å². The van der Waals surface area contributed by atoms with Gasteiger partial charge in [0.25, 0.3) is 5.91 Å². The number of carbonyl (C=O) groups excluding carboxylic acids is 1. The lowest BCUT2D eigenvalue weighted by molar-refractivity contribution is -0.138. The van der Waals surface area contributed by atoms with Crippen molar-refractivity contribution in [1.82, 2.24) is 0 Å². The number of halogens is 7. The lowest BCUT2D eigenvalue weighted by atomic mass is 10.1. The second-order valence-corrected chi connectivity index (χ2v) is 5.16. The van der Waals surface area contributed by atoms with Crippen LogP contribution in [0.2, 0.25) is 5.02 Å². The summed E-state index contributed by atoms with van der Waals surface area (Å²) in [6.07, 6.45) is -9.46. The SMILES string of the molecule is O=C(Nc1ccc(Cl)cc1C(F)(F)F)c1cccc(C(F)(F)F)c1. The second kappa shape index (κ2) is 6.35. The normalized spacial score (nSPS) is 12.1. The van der Waals surface area contributed by atoms with Crippen LogP contribution in [-0.4, -0.2) is 5.91 Å². The lowest BCUT2D eigenvalue weighted by Crippen LogP contribution is -2.17. The van der Waals surface area contributed by atoms with Gasteiger partial charge < -0.3 is 5.32 Å². The zero-order chi connectivity index (χ0) is 18.1. The van der Waals surface area contributed by atoms with E-state index >= 15 is 0 Å². The van der Waals surface area contributed by atoms with E-state index < -0.39 is 40.6 Å². The summed E-state index contributed by atoms with van der Waals surface area (Å²) in [6.45, 7) is 0. The Morgan fingerprint density at radius 3 is 2.17 bits per heavy atom. The maximum absolute atomic E-state index is 12.9. The van der Waals surface area contributed by atoms with Gasteiger partial charge in [-0.25, -0.2) is 0 Å². The van der Waals surface area contributed by atoms with Crippen molar-refractivity contribution in [1.29, 1.82) is 0 Å².